The highest BCUT2D eigenvalue weighted by atomic mass is 79.9. The lowest BCUT2D eigenvalue weighted by atomic mass is 10.3. The Balaban J connectivity index is 2.22. The van der Waals surface area contributed by atoms with Crippen LogP contribution in [0, 0.1) is 0 Å². The van der Waals surface area contributed by atoms with Gasteiger partial charge in [0.2, 0.25) is 0 Å². The zero-order valence-corrected chi connectivity index (χ0v) is 13.9. The number of ether oxygens (including phenoxy) is 1. The predicted molar refractivity (Wildman–Crippen MR) is 83.1 cm³/mol. The van der Waals surface area contributed by atoms with Crippen LogP contribution in [0.5, 0.6) is 5.75 Å². The number of halogens is 5. The van der Waals surface area contributed by atoms with Gasteiger partial charge in [-0.2, -0.15) is 8.78 Å². The van der Waals surface area contributed by atoms with Crippen LogP contribution in [0.1, 0.15) is 9.67 Å². The summed E-state index contributed by atoms with van der Waals surface area (Å²) in [5.41, 5.74) is 0.275. The van der Waals surface area contributed by atoms with Crippen LogP contribution in [0.3, 0.4) is 0 Å². The Morgan fingerprint density at radius 2 is 1.95 bits per heavy atom. The van der Waals surface area contributed by atoms with Crippen LogP contribution < -0.4 is 10.1 Å². The van der Waals surface area contributed by atoms with E-state index in [1.54, 1.807) is 11.4 Å². The summed E-state index contributed by atoms with van der Waals surface area (Å²) in [4.78, 5) is 12.5. The molecule has 9 heteroatoms. The van der Waals surface area contributed by atoms with Gasteiger partial charge in [-0.05, 0) is 39.5 Å². The Hall–Kier alpha value is -0.890. The fourth-order valence-corrected chi connectivity index (χ4v) is 3.50. The van der Waals surface area contributed by atoms with E-state index in [0.717, 1.165) is 0 Å². The molecule has 0 fully saturated rings. The van der Waals surface area contributed by atoms with Crippen molar-refractivity contribution in [3.63, 3.8) is 0 Å². The Bertz CT molecular complexity index is 658. The van der Waals surface area contributed by atoms with Crippen molar-refractivity contribution in [1.29, 1.82) is 0 Å². The largest absolute Gasteiger partial charge is 0.432 e. The van der Waals surface area contributed by atoms with E-state index < -0.39 is 6.61 Å². The summed E-state index contributed by atoms with van der Waals surface area (Å²) in [6, 6.07) is 4.30. The van der Waals surface area contributed by atoms with Crippen LogP contribution in [0.2, 0.25) is 10.0 Å². The van der Waals surface area contributed by atoms with Crippen LogP contribution in [0.15, 0.2) is 28.1 Å². The highest BCUT2D eigenvalue weighted by Crippen LogP contribution is 2.37. The number of hydrogen-bond acceptors (Lipinski definition) is 3. The Morgan fingerprint density at radius 3 is 2.43 bits per heavy atom. The third-order valence-electron chi connectivity index (χ3n) is 2.29. The van der Waals surface area contributed by atoms with Crippen molar-refractivity contribution < 1.29 is 18.3 Å². The first kappa shape index (κ1) is 16.5. The van der Waals surface area contributed by atoms with Gasteiger partial charge in [-0.25, -0.2) is 0 Å². The monoisotopic (exact) mass is 415 g/mol. The smallest absolute Gasteiger partial charge is 0.387 e. The summed E-state index contributed by atoms with van der Waals surface area (Å²) >= 11 is 16.1. The van der Waals surface area contributed by atoms with Gasteiger partial charge >= 0.3 is 6.61 Å². The van der Waals surface area contributed by atoms with E-state index in [4.69, 9.17) is 23.2 Å². The molecule has 1 aromatic heterocycles. The molecule has 112 valence electrons. The number of hydrogen-bond donors (Lipinski definition) is 1. The average molecular weight is 417 g/mol. The minimum Gasteiger partial charge on any atom is -0.432 e. The van der Waals surface area contributed by atoms with Gasteiger partial charge in [-0.1, -0.05) is 23.2 Å². The van der Waals surface area contributed by atoms with Crippen molar-refractivity contribution in [2.24, 2.45) is 0 Å². The van der Waals surface area contributed by atoms with Crippen molar-refractivity contribution >= 4 is 62.1 Å². The first-order valence-electron chi connectivity index (χ1n) is 5.36. The molecule has 1 heterocycles. The van der Waals surface area contributed by atoms with E-state index in [1.165, 1.54) is 23.5 Å². The van der Waals surface area contributed by atoms with Crippen LogP contribution in [0.25, 0.3) is 0 Å². The summed E-state index contributed by atoms with van der Waals surface area (Å²) in [5.74, 6) is -0.699. The van der Waals surface area contributed by atoms with Crippen LogP contribution >= 0.6 is 50.5 Å². The Kier molecular flexibility index (Phi) is 5.43. The number of thiophene rings is 1. The maximum Gasteiger partial charge on any atom is 0.387 e. The second kappa shape index (κ2) is 6.91. The number of carbonyl (C=O) groups is 1. The van der Waals surface area contributed by atoms with Crippen molar-refractivity contribution in [3.05, 3.63) is 43.0 Å². The van der Waals surface area contributed by atoms with Crippen molar-refractivity contribution in [1.82, 2.24) is 0 Å². The SMILES string of the molecule is O=C(Nc1cc(Cl)c(OC(F)F)c(Cl)c1)c1sccc1Br. The molecule has 0 aliphatic carbocycles. The van der Waals surface area contributed by atoms with Gasteiger partial charge in [0, 0.05) is 10.2 Å². The van der Waals surface area contributed by atoms with Gasteiger partial charge < -0.3 is 10.1 Å². The van der Waals surface area contributed by atoms with E-state index in [2.05, 4.69) is 26.0 Å². The summed E-state index contributed by atoms with van der Waals surface area (Å²) in [6.45, 7) is -3.04. The van der Waals surface area contributed by atoms with E-state index in [1.807, 2.05) is 0 Å². The number of amides is 1. The number of anilines is 1. The van der Waals surface area contributed by atoms with Gasteiger partial charge in [0.25, 0.3) is 5.91 Å². The van der Waals surface area contributed by atoms with Crippen LogP contribution in [-0.4, -0.2) is 12.5 Å². The molecular formula is C12H6BrCl2F2NO2S. The maximum atomic E-state index is 12.2. The number of benzene rings is 1. The van der Waals surface area contributed by atoms with Crippen LogP contribution in [0.4, 0.5) is 14.5 Å². The molecule has 21 heavy (non-hydrogen) atoms. The molecule has 2 rings (SSSR count). The molecule has 0 aliphatic rings. The zero-order chi connectivity index (χ0) is 15.6. The minimum absolute atomic E-state index is 0.122. The Labute approximate surface area is 140 Å². The molecule has 0 saturated carbocycles. The summed E-state index contributed by atoms with van der Waals surface area (Å²) in [5, 5.41) is 4.08. The highest BCUT2D eigenvalue weighted by molar-refractivity contribution is 9.10. The third-order valence-corrected chi connectivity index (χ3v) is 4.68. The molecule has 0 bridgehead atoms. The summed E-state index contributed by atoms with van der Waals surface area (Å²) in [7, 11) is 0. The second-order valence-electron chi connectivity index (χ2n) is 3.70. The fourth-order valence-electron chi connectivity index (χ4n) is 1.48. The lowest BCUT2D eigenvalue weighted by molar-refractivity contribution is -0.0497. The van der Waals surface area contributed by atoms with Crippen molar-refractivity contribution in [2.75, 3.05) is 5.32 Å². The number of rotatable bonds is 4. The molecule has 0 unspecified atom stereocenters. The topological polar surface area (TPSA) is 38.3 Å². The second-order valence-corrected chi connectivity index (χ2v) is 6.28. The molecular weight excluding hydrogens is 411 g/mol. The highest BCUT2D eigenvalue weighted by Gasteiger charge is 2.17. The summed E-state index contributed by atoms with van der Waals surface area (Å²) in [6.07, 6.45) is 0. The summed E-state index contributed by atoms with van der Waals surface area (Å²) < 4.78 is 29.3. The van der Waals surface area contributed by atoms with Crippen molar-refractivity contribution in [3.8, 4) is 5.75 Å². The average Bonchev–Trinajstić information content (AvgIpc) is 2.80. The molecule has 1 N–H and O–H groups in total. The molecule has 0 atom stereocenters. The van der Waals surface area contributed by atoms with Crippen LogP contribution in [-0.2, 0) is 0 Å². The fraction of sp³-hybridized carbons (Fsp3) is 0.0833. The van der Waals surface area contributed by atoms with E-state index in [9.17, 15) is 13.6 Å². The lowest BCUT2D eigenvalue weighted by Crippen LogP contribution is -2.11. The number of carbonyl (C=O) groups excluding carboxylic acids is 1. The maximum absolute atomic E-state index is 12.2. The molecule has 0 spiro atoms. The zero-order valence-electron chi connectivity index (χ0n) is 10.0. The number of nitrogens with one attached hydrogen (secondary N) is 1. The predicted octanol–water partition coefficient (Wildman–Crippen LogP) is 5.67. The molecule has 0 saturated heterocycles. The van der Waals surface area contributed by atoms with Gasteiger partial charge in [0.05, 0.1) is 10.0 Å². The minimum atomic E-state index is -3.04. The van der Waals surface area contributed by atoms with E-state index in [0.29, 0.717) is 9.35 Å². The van der Waals surface area contributed by atoms with E-state index >= 15 is 0 Å². The first-order chi connectivity index (χ1) is 9.88. The van der Waals surface area contributed by atoms with Gasteiger partial charge in [0.1, 0.15) is 4.88 Å². The lowest BCUT2D eigenvalue weighted by Gasteiger charge is -2.11. The molecule has 0 aliphatic heterocycles. The molecule has 0 radical (unpaired) electrons. The molecule has 1 amide bonds. The number of alkyl halides is 2. The first-order valence-corrected chi connectivity index (χ1v) is 7.79. The normalized spacial score (nSPS) is 10.8. The van der Waals surface area contributed by atoms with Gasteiger partial charge in [-0.15, -0.1) is 11.3 Å². The standard InChI is InChI=1S/C12H6BrCl2F2NO2S/c13-6-1-2-21-10(6)11(19)18-5-3-7(14)9(8(15)4-5)20-12(16)17/h1-4,12H,(H,18,19). The van der Waals surface area contributed by atoms with Gasteiger partial charge in [-0.3, -0.25) is 4.79 Å². The molecule has 2 aromatic rings. The molecule has 1 aromatic carbocycles. The Morgan fingerprint density at radius 1 is 1.33 bits per heavy atom. The van der Waals surface area contributed by atoms with Gasteiger partial charge in [0.15, 0.2) is 5.75 Å². The molecule has 3 nitrogen and oxygen atoms in total. The van der Waals surface area contributed by atoms with E-state index in [-0.39, 0.29) is 27.4 Å². The quantitative estimate of drug-likeness (QED) is 0.697. The third kappa shape index (κ3) is 4.06. The van der Waals surface area contributed by atoms with Crippen molar-refractivity contribution in [2.45, 2.75) is 6.61 Å².